The van der Waals surface area contributed by atoms with Crippen LogP contribution in [0.5, 0.6) is 5.75 Å². The molecule has 0 heterocycles. The summed E-state index contributed by atoms with van der Waals surface area (Å²) >= 11 is 0. The SMILES string of the molecule is [CH]c1cc(C(C)(C)C)c(O)c(C(C)(C)C)c1. The number of phenols is 1. The summed E-state index contributed by atoms with van der Waals surface area (Å²) < 4.78 is 0. The summed E-state index contributed by atoms with van der Waals surface area (Å²) in [5, 5.41) is 10.3. The van der Waals surface area contributed by atoms with Gasteiger partial charge in [0.15, 0.2) is 0 Å². The topological polar surface area (TPSA) is 20.2 Å². The van der Waals surface area contributed by atoms with Crippen LogP contribution in [0.2, 0.25) is 0 Å². The molecule has 1 rings (SSSR count). The summed E-state index contributed by atoms with van der Waals surface area (Å²) in [5.41, 5.74) is 2.35. The number of benzene rings is 1. The van der Waals surface area contributed by atoms with Gasteiger partial charge >= 0.3 is 0 Å². The van der Waals surface area contributed by atoms with Gasteiger partial charge in [0.25, 0.3) is 0 Å². The third-order valence-electron chi connectivity index (χ3n) is 2.75. The van der Waals surface area contributed by atoms with Crippen molar-refractivity contribution in [2.75, 3.05) is 0 Å². The molecule has 16 heavy (non-hydrogen) atoms. The fraction of sp³-hybridized carbons (Fsp3) is 0.533. The number of rotatable bonds is 0. The molecular formula is C15H22O. The van der Waals surface area contributed by atoms with E-state index in [0.717, 1.165) is 11.1 Å². The van der Waals surface area contributed by atoms with Gasteiger partial charge in [0.2, 0.25) is 0 Å². The minimum absolute atomic E-state index is 0.0978. The van der Waals surface area contributed by atoms with Gasteiger partial charge in [-0.3, -0.25) is 0 Å². The normalized spacial score (nSPS) is 12.9. The molecule has 0 aromatic heterocycles. The maximum Gasteiger partial charge on any atom is 0.123 e. The van der Waals surface area contributed by atoms with E-state index in [4.69, 9.17) is 6.92 Å². The van der Waals surface area contributed by atoms with Gasteiger partial charge in [-0.15, -0.1) is 0 Å². The molecule has 88 valence electrons. The van der Waals surface area contributed by atoms with Crippen molar-refractivity contribution >= 4 is 0 Å². The van der Waals surface area contributed by atoms with Crippen molar-refractivity contribution in [3.8, 4) is 5.75 Å². The maximum absolute atomic E-state index is 10.3. The molecule has 0 bridgehead atoms. The zero-order chi connectivity index (χ0) is 12.7. The summed E-state index contributed by atoms with van der Waals surface area (Å²) in [4.78, 5) is 0. The number of phenolic OH excluding ortho intramolecular Hbond substituents is 1. The van der Waals surface area contributed by atoms with Crippen LogP contribution in [0.1, 0.15) is 58.2 Å². The summed E-state index contributed by atoms with van der Waals surface area (Å²) in [5.74, 6) is 0.384. The predicted molar refractivity (Wildman–Crippen MR) is 68.9 cm³/mol. The predicted octanol–water partition coefficient (Wildman–Crippen LogP) is 4.05. The Labute approximate surface area is 99.5 Å². The molecule has 0 saturated heterocycles. The standard InChI is InChI=1S/C15H22O/c1-10-8-11(14(2,3)4)13(16)12(9-10)15(5,6)7/h1,8-9,16H,2-7H3. The fourth-order valence-electron chi connectivity index (χ4n) is 1.80. The van der Waals surface area contributed by atoms with E-state index in [0.29, 0.717) is 11.3 Å². The van der Waals surface area contributed by atoms with Crippen LogP contribution in [-0.4, -0.2) is 5.11 Å². The van der Waals surface area contributed by atoms with Crippen LogP contribution in [0.4, 0.5) is 0 Å². The minimum atomic E-state index is -0.0978. The lowest BCUT2D eigenvalue weighted by Gasteiger charge is -2.27. The van der Waals surface area contributed by atoms with Crippen molar-refractivity contribution in [1.29, 1.82) is 0 Å². The Kier molecular flexibility index (Phi) is 3.11. The van der Waals surface area contributed by atoms with Crippen molar-refractivity contribution in [2.45, 2.75) is 52.4 Å². The van der Waals surface area contributed by atoms with E-state index in [9.17, 15) is 5.11 Å². The maximum atomic E-state index is 10.3. The molecule has 1 heteroatoms. The Morgan fingerprint density at radius 1 is 0.875 bits per heavy atom. The molecule has 1 aromatic carbocycles. The van der Waals surface area contributed by atoms with E-state index in [1.807, 2.05) is 12.1 Å². The molecule has 0 aliphatic rings. The van der Waals surface area contributed by atoms with Gasteiger partial charge in [-0.1, -0.05) is 53.7 Å². The molecule has 0 spiro atoms. The third-order valence-corrected chi connectivity index (χ3v) is 2.75. The Hall–Kier alpha value is -0.980. The monoisotopic (exact) mass is 218 g/mol. The Morgan fingerprint density at radius 3 is 1.44 bits per heavy atom. The van der Waals surface area contributed by atoms with E-state index < -0.39 is 0 Å². The van der Waals surface area contributed by atoms with Gasteiger partial charge in [0.05, 0.1) is 0 Å². The highest BCUT2D eigenvalue weighted by Gasteiger charge is 2.25. The van der Waals surface area contributed by atoms with Crippen LogP contribution in [0.3, 0.4) is 0 Å². The van der Waals surface area contributed by atoms with Gasteiger partial charge in [-0.05, 0) is 34.4 Å². The van der Waals surface area contributed by atoms with Crippen LogP contribution < -0.4 is 0 Å². The molecule has 1 nitrogen and oxygen atoms in total. The molecular weight excluding hydrogens is 196 g/mol. The van der Waals surface area contributed by atoms with Gasteiger partial charge in [-0.25, -0.2) is 0 Å². The average molecular weight is 218 g/mol. The van der Waals surface area contributed by atoms with Crippen molar-refractivity contribution < 1.29 is 5.11 Å². The van der Waals surface area contributed by atoms with Crippen LogP contribution >= 0.6 is 0 Å². The number of aromatic hydroxyl groups is 1. The molecule has 0 atom stereocenters. The van der Waals surface area contributed by atoms with Crippen molar-refractivity contribution in [1.82, 2.24) is 0 Å². The first-order valence-electron chi connectivity index (χ1n) is 5.67. The van der Waals surface area contributed by atoms with E-state index in [2.05, 4.69) is 41.5 Å². The first kappa shape index (κ1) is 13.1. The van der Waals surface area contributed by atoms with E-state index >= 15 is 0 Å². The van der Waals surface area contributed by atoms with E-state index in [-0.39, 0.29) is 10.8 Å². The second-order valence-electron chi connectivity index (χ2n) is 6.46. The second kappa shape index (κ2) is 3.80. The van der Waals surface area contributed by atoms with Gasteiger partial charge < -0.3 is 5.11 Å². The smallest absolute Gasteiger partial charge is 0.123 e. The van der Waals surface area contributed by atoms with Crippen LogP contribution in [0, 0.1) is 6.92 Å². The van der Waals surface area contributed by atoms with E-state index in [1.54, 1.807) is 0 Å². The molecule has 1 N–H and O–H groups in total. The lowest BCUT2D eigenvalue weighted by Crippen LogP contribution is -2.17. The van der Waals surface area contributed by atoms with Gasteiger partial charge in [0, 0.05) is 0 Å². The zero-order valence-corrected chi connectivity index (χ0v) is 11.2. The molecule has 0 aliphatic carbocycles. The first-order chi connectivity index (χ1) is 7.03. The molecule has 1 aromatic rings. The molecule has 0 saturated carbocycles. The van der Waals surface area contributed by atoms with Crippen molar-refractivity contribution in [2.24, 2.45) is 0 Å². The Balaban J connectivity index is 3.51. The molecule has 0 fully saturated rings. The number of hydrogen-bond acceptors (Lipinski definition) is 1. The summed E-state index contributed by atoms with van der Waals surface area (Å²) in [6.07, 6.45) is 0. The average Bonchev–Trinajstić information content (AvgIpc) is 2.04. The van der Waals surface area contributed by atoms with Crippen molar-refractivity contribution in [3.63, 3.8) is 0 Å². The van der Waals surface area contributed by atoms with Crippen molar-refractivity contribution in [3.05, 3.63) is 35.7 Å². The summed E-state index contributed by atoms with van der Waals surface area (Å²) in [6.45, 7) is 18.4. The summed E-state index contributed by atoms with van der Waals surface area (Å²) in [7, 11) is 0. The Bertz CT molecular complexity index is 354. The van der Waals surface area contributed by atoms with E-state index in [1.165, 1.54) is 0 Å². The lowest BCUT2D eigenvalue weighted by molar-refractivity contribution is 0.423. The van der Waals surface area contributed by atoms with Crippen LogP contribution in [0.25, 0.3) is 0 Å². The molecule has 0 aliphatic heterocycles. The summed E-state index contributed by atoms with van der Waals surface area (Å²) in [6, 6.07) is 3.73. The second-order valence-corrected chi connectivity index (χ2v) is 6.46. The third kappa shape index (κ3) is 2.58. The molecule has 0 amide bonds. The molecule has 0 unspecified atom stereocenters. The minimum Gasteiger partial charge on any atom is -0.507 e. The van der Waals surface area contributed by atoms with Crippen LogP contribution in [-0.2, 0) is 10.8 Å². The lowest BCUT2D eigenvalue weighted by atomic mass is 9.78. The fourth-order valence-corrected chi connectivity index (χ4v) is 1.80. The quantitative estimate of drug-likeness (QED) is 0.696. The largest absolute Gasteiger partial charge is 0.507 e. The zero-order valence-electron chi connectivity index (χ0n) is 11.2. The van der Waals surface area contributed by atoms with Gasteiger partial charge in [-0.2, -0.15) is 0 Å². The Morgan fingerprint density at radius 2 is 1.19 bits per heavy atom. The number of hydrogen-bond donors (Lipinski definition) is 1. The van der Waals surface area contributed by atoms with Gasteiger partial charge in [0.1, 0.15) is 5.75 Å². The first-order valence-corrected chi connectivity index (χ1v) is 5.67. The highest BCUT2D eigenvalue weighted by molar-refractivity contribution is 5.50. The highest BCUT2D eigenvalue weighted by Crippen LogP contribution is 2.39. The molecule has 2 radical (unpaired) electrons. The van der Waals surface area contributed by atoms with Crippen LogP contribution in [0.15, 0.2) is 12.1 Å². The highest BCUT2D eigenvalue weighted by atomic mass is 16.3.